The van der Waals surface area contributed by atoms with Gasteiger partial charge in [0, 0.05) is 19.6 Å². The molecule has 1 atom stereocenters. The monoisotopic (exact) mass is 278 g/mol. The summed E-state index contributed by atoms with van der Waals surface area (Å²) < 4.78 is 14.5. The molecule has 1 N–H and O–H groups in total. The first kappa shape index (κ1) is 13.5. The molecule has 0 aliphatic carbocycles. The van der Waals surface area contributed by atoms with E-state index in [0.29, 0.717) is 0 Å². The van der Waals surface area contributed by atoms with Crippen LogP contribution in [0.4, 0.5) is 10.1 Å². The lowest BCUT2D eigenvalue weighted by molar-refractivity contribution is -0.953. The van der Waals surface area contributed by atoms with Crippen LogP contribution in [0.5, 0.6) is 0 Å². The summed E-state index contributed by atoms with van der Waals surface area (Å²) in [7, 11) is 0. The Morgan fingerprint density at radius 2 is 1.85 bits per heavy atom. The summed E-state index contributed by atoms with van der Waals surface area (Å²) in [6.45, 7) is 8.23. The van der Waals surface area contributed by atoms with Crippen LogP contribution in [0.1, 0.15) is 6.92 Å². The standard InChI is InChI=1S/C15H20FN3O/c1-12(19-9-6-18(7-10-19)8-11-19)15(20)17-14-5-3-2-4-13(14)16/h2-5,12H,6-11H2,1H3/p+1/t12-/m1/s1. The number of nitrogens with zero attached hydrogens (tertiary/aromatic N) is 2. The zero-order chi connectivity index (χ0) is 14.2. The van der Waals surface area contributed by atoms with Crippen molar-refractivity contribution in [2.24, 2.45) is 0 Å². The number of fused-ring (bicyclic) bond motifs is 3. The van der Waals surface area contributed by atoms with E-state index in [2.05, 4.69) is 10.2 Å². The van der Waals surface area contributed by atoms with Crippen LogP contribution in [0.25, 0.3) is 0 Å². The molecule has 0 saturated carbocycles. The number of rotatable bonds is 3. The van der Waals surface area contributed by atoms with Gasteiger partial charge < -0.3 is 9.80 Å². The van der Waals surface area contributed by atoms with E-state index in [1.54, 1.807) is 18.2 Å². The second-order valence-corrected chi connectivity index (χ2v) is 5.88. The third-order valence-electron chi connectivity index (χ3n) is 4.92. The highest BCUT2D eigenvalue weighted by atomic mass is 19.1. The molecular weight excluding hydrogens is 257 g/mol. The summed E-state index contributed by atoms with van der Waals surface area (Å²) in [5.74, 6) is -0.457. The fourth-order valence-electron chi connectivity index (χ4n) is 3.32. The second kappa shape index (κ2) is 5.14. The molecule has 3 aliphatic heterocycles. The first-order chi connectivity index (χ1) is 9.61. The molecule has 3 saturated heterocycles. The largest absolute Gasteiger partial charge is 0.318 e. The number of carbonyl (C=O) groups excluding carboxylic acids is 1. The first-order valence-corrected chi connectivity index (χ1v) is 7.24. The van der Waals surface area contributed by atoms with Gasteiger partial charge in [-0.3, -0.25) is 9.69 Å². The lowest BCUT2D eigenvalue weighted by atomic mass is 10.1. The Balaban J connectivity index is 1.72. The molecule has 0 aromatic heterocycles. The van der Waals surface area contributed by atoms with Gasteiger partial charge in [0.15, 0.2) is 6.04 Å². The highest BCUT2D eigenvalue weighted by molar-refractivity contribution is 5.93. The van der Waals surface area contributed by atoms with E-state index in [1.807, 2.05) is 6.92 Å². The van der Waals surface area contributed by atoms with Crippen molar-refractivity contribution in [2.75, 3.05) is 44.6 Å². The normalized spacial score (nSPS) is 30.0. The molecule has 3 fully saturated rings. The van der Waals surface area contributed by atoms with Crippen LogP contribution in [-0.2, 0) is 4.79 Å². The van der Waals surface area contributed by atoms with Gasteiger partial charge in [-0.2, -0.15) is 0 Å². The molecule has 2 bridgehead atoms. The SMILES string of the molecule is C[C@H](C(=O)Nc1ccccc1F)[N+]12CCN(CC1)CC2. The predicted octanol–water partition coefficient (Wildman–Crippen LogP) is 1.30. The van der Waals surface area contributed by atoms with Gasteiger partial charge in [-0.25, -0.2) is 4.39 Å². The molecule has 1 aromatic carbocycles. The van der Waals surface area contributed by atoms with Crippen LogP contribution >= 0.6 is 0 Å². The lowest BCUT2D eigenvalue weighted by Crippen LogP contribution is -2.72. The third-order valence-corrected chi connectivity index (χ3v) is 4.92. The minimum atomic E-state index is -0.378. The van der Waals surface area contributed by atoms with E-state index < -0.39 is 0 Å². The number of nitrogens with one attached hydrogen (secondary N) is 1. The van der Waals surface area contributed by atoms with Gasteiger partial charge in [0.1, 0.15) is 5.82 Å². The van der Waals surface area contributed by atoms with Crippen LogP contribution in [0.15, 0.2) is 24.3 Å². The number of carbonyl (C=O) groups is 1. The van der Waals surface area contributed by atoms with Gasteiger partial charge in [0.05, 0.1) is 25.3 Å². The number of hydrogen-bond acceptors (Lipinski definition) is 2. The van der Waals surface area contributed by atoms with E-state index in [1.165, 1.54) is 6.07 Å². The van der Waals surface area contributed by atoms with Crippen LogP contribution in [0.3, 0.4) is 0 Å². The topological polar surface area (TPSA) is 32.3 Å². The number of anilines is 1. The molecule has 5 heteroatoms. The number of quaternary nitrogens is 1. The molecule has 4 nitrogen and oxygen atoms in total. The van der Waals surface area contributed by atoms with Crippen molar-refractivity contribution < 1.29 is 13.7 Å². The van der Waals surface area contributed by atoms with Crippen LogP contribution in [0.2, 0.25) is 0 Å². The maximum absolute atomic E-state index is 13.6. The van der Waals surface area contributed by atoms with E-state index in [4.69, 9.17) is 0 Å². The molecule has 3 heterocycles. The number of halogens is 1. The number of piperazine rings is 3. The van der Waals surface area contributed by atoms with Gasteiger partial charge in [-0.1, -0.05) is 12.1 Å². The molecule has 3 aliphatic rings. The summed E-state index contributed by atoms with van der Waals surface area (Å²) in [6.07, 6.45) is 0. The molecule has 0 unspecified atom stereocenters. The van der Waals surface area contributed by atoms with Crippen LogP contribution in [0, 0.1) is 5.82 Å². The number of amides is 1. The Kier molecular flexibility index (Phi) is 3.48. The van der Waals surface area contributed by atoms with Gasteiger partial charge in [0.2, 0.25) is 0 Å². The van der Waals surface area contributed by atoms with Crippen molar-refractivity contribution in [3.63, 3.8) is 0 Å². The van der Waals surface area contributed by atoms with Gasteiger partial charge in [-0.15, -0.1) is 0 Å². The fraction of sp³-hybridized carbons (Fsp3) is 0.533. The van der Waals surface area contributed by atoms with Crippen molar-refractivity contribution in [2.45, 2.75) is 13.0 Å². The Labute approximate surface area is 118 Å². The highest BCUT2D eigenvalue weighted by Gasteiger charge is 2.45. The quantitative estimate of drug-likeness (QED) is 0.845. The summed E-state index contributed by atoms with van der Waals surface area (Å²) >= 11 is 0. The minimum absolute atomic E-state index is 0.0783. The molecule has 0 radical (unpaired) electrons. The lowest BCUT2D eigenvalue weighted by Gasteiger charge is -2.52. The Morgan fingerprint density at radius 3 is 2.45 bits per heavy atom. The van der Waals surface area contributed by atoms with Crippen molar-refractivity contribution in [1.29, 1.82) is 0 Å². The molecule has 1 amide bonds. The second-order valence-electron chi connectivity index (χ2n) is 5.88. The van der Waals surface area contributed by atoms with Crippen molar-refractivity contribution >= 4 is 11.6 Å². The Hall–Kier alpha value is -1.46. The minimum Gasteiger partial charge on any atom is -0.318 e. The van der Waals surface area contributed by atoms with Gasteiger partial charge in [0.25, 0.3) is 5.91 Å². The van der Waals surface area contributed by atoms with E-state index >= 15 is 0 Å². The summed E-state index contributed by atoms with van der Waals surface area (Å²) in [4.78, 5) is 14.9. The molecule has 0 spiro atoms. The molecular formula is C15H21FN3O+. The van der Waals surface area contributed by atoms with Gasteiger partial charge in [-0.05, 0) is 19.1 Å². The maximum atomic E-state index is 13.6. The average Bonchev–Trinajstić information content (AvgIpc) is 2.50. The van der Waals surface area contributed by atoms with E-state index in [9.17, 15) is 9.18 Å². The van der Waals surface area contributed by atoms with Crippen molar-refractivity contribution in [1.82, 2.24) is 4.90 Å². The maximum Gasteiger partial charge on any atom is 0.282 e. The van der Waals surface area contributed by atoms with Gasteiger partial charge >= 0.3 is 0 Å². The zero-order valence-corrected chi connectivity index (χ0v) is 11.8. The zero-order valence-electron chi connectivity index (χ0n) is 11.8. The Morgan fingerprint density at radius 1 is 1.25 bits per heavy atom. The van der Waals surface area contributed by atoms with Crippen LogP contribution < -0.4 is 5.32 Å². The number of benzene rings is 1. The van der Waals surface area contributed by atoms with Crippen LogP contribution in [-0.4, -0.2) is 60.6 Å². The summed E-state index contributed by atoms with van der Waals surface area (Å²) in [5.41, 5.74) is 0.276. The van der Waals surface area contributed by atoms with Crippen molar-refractivity contribution in [3.8, 4) is 0 Å². The smallest absolute Gasteiger partial charge is 0.282 e. The summed E-state index contributed by atoms with van der Waals surface area (Å²) in [6, 6.07) is 6.20. The number of para-hydroxylation sites is 1. The predicted molar refractivity (Wildman–Crippen MR) is 75.8 cm³/mol. The third kappa shape index (κ3) is 2.31. The fourth-order valence-corrected chi connectivity index (χ4v) is 3.32. The molecule has 1 aromatic rings. The first-order valence-electron chi connectivity index (χ1n) is 7.24. The average molecular weight is 278 g/mol. The molecule has 108 valence electrons. The Bertz CT molecular complexity index is 498. The van der Waals surface area contributed by atoms with Crippen molar-refractivity contribution in [3.05, 3.63) is 30.1 Å². The van der Waals surface area contributed by atoms with E-state index in [-0.39, 0.29) is 23.5 Å². The highest BCUT2D eigenvalue weighted by Crippen LogP contribution is 2.24. The molecule has 4 rings (SSSR count). The summed E-state index contributed by atoms with van der Waals surface area (Å²) in [5, 5.41) is 2.74. The van der Waals surface area contributed by atoms with E-state index in [0.717, 1.165) is 43.8 Å². The molecule has 20 heavy (non-hydrogen) atoms. The number of hydrogen-bond donors (Lipinski definition) is 1.